The second-order valence-electron chi connectivity index (χ2n) is 7.24. The maximum atomic E-state index is 14.0. The van der Waals surface area contributed by atoms with Crippen molar-refractivity contribution < 1.29 is 23.1 Å². The van der Waals surface area contributed by atoms with Gasteiger partial charge in [0.05, 0.1) is 17.7 Å². The number of aliphatic hydroxyl groups is 1. The summed E-state index contributed by atoms with van der Waals surface area (Å²) >= 11 is 0. The topological polar surface area (TPSA) is 78.1 Å². The third-order valence-electron chi connectivity index (χ3n) is 5.23. The van der Waals surface area contributed by atoms with Crippen molar-refractivity contribution in [1.82, 2.24) is 0 Å². The number of halogens is 2. The molecule has 0 radical (unpaired) electrons. The third kappa shape index (κ3) is 3.54. The quantitative estimate of drug-likeness (QED) is 0.574. The van der Waals surface area contributed by atoms with Gasteiger partial charge in [-0.1, -0.05) is 19.1 Å². The minimum Gasteiger partial charge on any atom is -0.464 e. The number of fused-ring (bicyclic) bond motifs is 1. The fraction of sp³-hybridized carbons (Fsp3) is 0.273. The minimum atomic E-state index is -2.97. The number of benzene rings is 2. The van der Waals surface area contributed by atoms with Gasteiger partial charge in [0.2, 0.25) is 0 Å². The first-order valence-electron chi connectivity index (χ1n) is 9.59. The second-order valence-corrected chi connectivity index (χ2v) is 7.24. The lowest BCUT2D eigenvalue weighted by Crippen LogP contribution is -2.39. The fourth-order valence-electron chi connectivity index (χ4n) is 3.50. The van der Waals surface area contributed by atoms with E-state index in [9.17, 15) is 18.7 Å². The van der Waals surface area contributed by atoms with Crippen LogP contribution in [-0.2, 0) is 10.7 Å². The third-order valence-corrected chi connectivity index (χ3v) is 5.23. The number of amides is 1. The van der Waals surface area contributed by atoms with E-state index in [1.807, 2.05) is 12.1 Å². The van der Waals surface area contributed by atoms with Gasteiger partial charge >= 0.3 is 0 Å². The van der Waals surface area contributed by atoms with Crippen LogP contribution in [0, 0.1) is 5.92 Å². The summed E-state index contributed by atoms with van der Waals surface area (Å²) in [4.78, 5) is 13.0. The van der Waals surface area contributed by atoms with Crippen molar-refractivity contribution in [3.63, 3.8) is 0 Å². The number of rotatable bonds is 6. The molecule has 1 amide bonds. The Kier molecular flexibility index (Phi) is 5.03. The molecule has 2 aromatic carbocycles. The van der Waals surface area contributed by atoms with Gasteiger partial charge in [0.1, 0.15) is 17.7 Å². The van der Waals surface area contributed by atoms with E-state index in [1.165, 1.54) is 30.1 Å². The molecule has 0 saturated carbocycles. The van der Waals surface area contributed by atoms with Crippen molar-refractivity contribution in [3.8, 4) is 0 Å². The molecule has 6 nitrogen and oxygen atoms in total. The smallest absolute Gasteiger partial charge is 0.273 e. The molecule has 1 aliphatic rings. The van der Waals surface area contributed by atoms with E-state index < -0.39 is 24.0 Å². The number of hydrogen-bond acceptors (Lipinski definition) is 5. The van der Waals surface area contributed by atoms with Crippen LogP contribution in [-0.4, -0.2) is 23.0 Å². The highest BCUT2D eigenvalue weighted by Crippen LogP contribution is 2.33. The van der Waals surface area contributed by atoms with Crippen LogP contribution >= 0.6 is 0 Å². The maximum Gasteiger partial charge on any atom is 0.273 e. The highest BCUT2D eigenvalue weighted by Gasteiger charge is 2.40. The van der Waals surface area contributed by atoms with Crippen molar-refractivity contribution in [3.05, 3.63) is 60.4 Å². The molecular formula is C22H21F2N3O3. The van der Waals surface area contributed by atoms with Crippen molar-refractivity contribution in [1.29, 1.82) is 0 Å². The standard InChI is InChI=1S/C22H21F2N3O3/c1-3-22(23,24)15-5-4-6-16(11-15)25-20(28)19-13(2)26-27(21(19)29)17-8-7-14-9-10-30-18(14)12-17/h4-12,19-20,25,28H,3H2,1-2H3. The average Bonchev–Trinajstić information content (AvgIpc) is 3.31. The number of carbonyl (C=O) groups excluding carboxylic acids is 1. The van der Waals surface area contributed by atoms with Crippen LogP contribution in [0.25, 0.3) is 11.0 Å². The van der Waals surface area contributed by atoms with Gasteiger partial charge in [-0.05, 0) is 37.3 Å². The van der Waals surface area contributed by atoms with Gasteiger partial charge in [0, 0.05) is 29.1 Å². The lowest BCUT2D eigenvalue weighted by Gasteiger charge is -2.22. The molecule has 1 aliphatic heterocycles. The van der Waals surface area contributed by atoms with Crippen LogP contribution in [0.1, 0.15) is 25.8 Å². The Morgan fingerprint density at radius 3 is 2.83 bits per heavy atom. The first-order valence-corrected chi connectivity index (χ1v) is 9.59. The predicted octanol–water partition coefficient (Wildman–Crippen LogP) is 4.70. The average molecular weight is 413 g/mol. The van der Waals surface area contributed by atoms with E-state index in [2.05, 4.69) is 10.4 Å². The van der Waals surface area contributed by atoms with Crippen molar-refractivity contribution >= 4 is 34.0 Å². The summed E-state index contributed by atoms with van der Waals surface area (Å²) in [7, 11) is 0. The molecule has 0 spiro atoms. The molecule has 0 saturated heterocycles. The Bertz CT molecular complexity index is 1130. The monoisotopic (exact) mass is 413 g/mol. The first kappa shape index (κ1) is 20.0. The van der Waals surface area contributed by atoms with Crippen molar-refractivity contribution in [2.24, 2.45) is 11.0 Å². The van der Waals surface area contributed by atoms with E-state index in [-0.39, 0.29) is 12.0 Å². The van der Waals surface area contributed by atoms with E-state index in [1.54, 1.807) is 31.4 Å². The Labute approximate surface area is 171 Å². The van der Waals surface area contributed by atoms with E-state index in [0.717, 1.165) is 5.39 Å². The van der Waals surface area contributed by atoms with Gasteiger partial charge in [-0.25, -0.2) is 8.78 Å². The number of nitrogens with one attached hydrogen (secondary N) is 1. The highest BCUT2D eigenvalue weighted by atomic mass is 19.3. The molecule has 2 atom stereocenters. The SMILES string of the molecule is CCC(F)(F)c1cccc(NC(O)C2C(=O)N(c3ccc4ccoc4c3)N=C2C)c1. The van der Waals surface area contributed by atoms with Gasteiger partial charge in [0.25, 0.3) is 11.8 Å². The molecule has 0 bridgehead atoms. The molecule has 8 heteroatoms. The molecule has 2 unspecified atom stereocenters. The summed E-state index contributed by atoms with van der Waals surface area (Å²) < 4.78 is 33.3. The van der Waals surface area contributed by atoms with E-state index >= 15 is 0 Å². The Morgan fingerprint density at radius 2 is 2.07 bits per heavy atom. The van der Waals surface area contributed by atoms with Gasteiger partial charge in [-0.15, -0.1) is 0 Å². The van der Waals surface area contributed by atoms with Crippen LogP contribution in [0.5, 0.6) is 0 Å². The summed E-state index contributed by atoms with van der Waals surface area (Å²) in [6, 6.07) is 12.7. The second kappa shape index (κ2) is 7.53. The van der Waals surface area contributed by atoms with Crippen LogP contribution in [0.4, 0.5) is 20.2 Å². The van der Waals surface area contributed by atoms with Gasteiger partial charge in [-0.3, -0.25) is 4.79 Å². The number of hydrogen-bond donors (Lipinski definition) is 2. The number of furan rings is 1. The number of nitrogens with zero attached hydrogens (tertiary/aromatic N) is 2. The number of hydrazone groups is 1. The van der Waals surface area contributed by atoms with Crippen molar-refractivity contribution in [2.45, 2.75) is 32.4 Å². The molecule has 0 aliphatic carbocycles. The fourth-order valence-corrected chi connectivity index (χ4v) is 3.50. The Hall–Kier alpha value is -3.26. The van der Waals surface area contributed by atoms with Gasteiger partial charge in [-0.2, -0.15) is 10.1 Å². The molecule has 30 heavy (non-hydrogen) atoms. The molecule has 1 aromatic heterocycles. The summed E-state index contributed by atoms with van der Waals surface area (Å²) in [5.41, 5.74) is 1.68. The first-order chi connectivity index (χ1) is 14.3. The number of aliphatic hydroxyl groups excluding tert-OH is 1. The number of anilines is 2. The Balaban J connectivity index is 1.54. The highest BCUT2D eigenvalue weighted by molar-refractivity contribution is 6.15. The Morgan fingerprint density at radius 1 is 1.27 bits per heavy atom. The molecule has 2 heterocycles. The normalized spacial score (nSPS) is 18.0. The predicted molar refractivity (Wildman–Crippen MR) is 111 cm³/mol. The molecule has 0 fully saturated rings. The van der Waals surface area contributed by atoms with Crippen molar-refractivity contribution in [2.75, 3.05) is 10.3 Å². The van der Waals surface area contributed by atoms with Crippen LogP contribution in [0.3, 0.4) is 0 Å². The van der Waals surface area contributed by atoms with Crippen LogP contribution in [0.15, 0.2) is 64.3 Å². The lowest BCUT2D eigenvalue weighted by atomic mass is 10.0. The number of carbonyl (C=O) groups is 1. The summed E-state index contributed by atoms with van der Waals surface area (Å²) in [5, 5.41) is 19.8. The zero-order valence-corrected chi connectivity index (χ0v) is 16.5. The van der Waals surface area contributed by atoms with E-state index in [4.69, 9.17) is 4.42 Å². The molecule has 4 rings (SSSR count). The number of alkyl halides is 2. The van der Waals surface area contributed by atoms with Crippen LogP contribution < -0.4 is 10.3 Å². The largest absolute Gasteiger partial charge is 0.464 e. The summed E-state index contributed by atoms with van der Waals surface area (Å²) in [6.07, 6.45) is -0.105. The summed E-state index contributed by atoms with van der Waals surface area (Å²) in [5.74, 6) is -4.34. The maximum absolute atomic E-state index is 14.0. The molecule has 156 valence electrons. The zero-order chi connectivity index (χ0) is 21.5. The minimum absolute atomic E-state index is 0.154. The molecule has 2 N–H and O–H groups in total. The van der Waals surface area contributed by atoms with Gasteiger partial charge < -0.3 is 14.8 Å². The van der Waals surface area contributed by atoms with Crippen LogP contribution in [0.2, 0.25) is 0 Å². The molecular weight excluding hydrogens is 392 g/mol. The van der Waals surface area contributed by atoms with Gasteiger partial charge in [0.15, 0.2) is 0 Å². The molecule has 3 aromatic rings. The summed E-state index contributed by atoms with van der Waals surface area (Å²) in [6.45, 7) is 3.04. The zero-order valence-electron chi connectivity index (χ0n) is 16.5. The van der Waals surface area contributed by atoms with E-state index in [0.29, 0.717) is 22.7 Å². The lowest BCUT2D eigenvalue weighted by molar-refractivity contribution is -0.121.